The zero-order chi connectivity index (χ0) is 17.4. The van der Waals surface area contributed by atoms with Crippen LogP contribution >= 0.6 is 0 Å². The van der Waals surface area contributed by atoms with Crippen LogP contribution in [0.15, 0.2) is 48.5 Å². The van der Waals surface area contributed by atoms with Crippen LogP contribution in [-0.4, -0.2) is 11.7 Å². The largest absolute Gasteiger partial charge is 0.326 e. The molecule has 0 heterocycles. The van der Waals surface area contributed by atoms with E-state index in [1.807, 2.05) is 48.5 Å². The lowest BCUT2D eigenvalue weighted by Crippen LogP contribution is -2.15. The highest BCUT2D eigenvalue weighted by Crippen LogP contribution is 2.23. The molecule has 0 aliphatic heterocycles. The normalized spacial score (nSPS) is 10.4. The number of nitrogens with one attached hydrogen (secondary N) is 1. The monoisotopic (exact) mass is 323 g/mol. The van der Waals surface area contributed by atoms with Crippen molar-refractivity contribution in [1.29, 1.82) is 0 Å². The zero-order valence-corrected chi connectivity index (χ0v) is 14.5. The molecular formula is C21H25NO2. The van der Waals surface area contributed by atoms with Crippen LogP contribution in [0.2, 0.25) is 0 Å². The van der Waals surface area contributed by atoms with Crippen LogP contribution in [0, 0.1) is 0 Å². The quantitative estimate of drug-likeness (QED) is 0.709. The van der Waals surface area contributed by atoms with Crippen molar-refractivity contribution in [2.75, 3.05) is 5.32 Å². The minimum Gasteiger partial charge on any atom is -0.326 e. The summed E-state index contributed by atoms with van der Waals surface area (Å²) < 4.78 is 0. The van der Waals surface area contributed by atoms with E-state index in [0.717, 1.165) is 29.7 Å². The second kappa shape index (κ2) is 9.02. The van der Waals surface area contributed by atoms with Gasteiger partial charge in [-0.3, -0.25) is 9.59 Å². The number of hydrogen-bond acceptors (Lipinski definition) is 2. The van der Waals surface area contributed by atoms with Crippen LogP contribution in [0.25, 0.3) is 0 Å². The topological polar surface area (TPSA) is 46.2 Å². The van der Waals surface area contributed by atoms with Gasteiger partial charge < -0.3 is 5.32 Å². The molecule has 0 aliphatic carbocycles. The molecule has 0 aromatic heterocycles. The van der Waals surface area contributed by atoms with Crippen molar-refractivity contribution in [2.24, 2.45) is 0 Å². The second-order valence-corrected chi connectivity index (χ2v) is 5.85. The van der Waals surface area contributed by atoms with E-state index >= 15 is 0 Å². The maximum absolute atomic E-state index is 12.2. The number of para-hydroxylation sites is 1. The molecule has 3 nitrogen and oxygen atoms in total. The van der Waals surface area contributed by atoms with Crippen molar-refractivity contribution in [3.8, 4) is 0 Å². The van der Waals surface area contributed by atoms with E-state index in [0.29, 0.717) is 24.8 Å². The average molecular weight is 323 g/mol. The zero-order valence-electron chi connectivity index (χ0n) is 14.5. The second-order valence-electron chi connectivity index (χ2n) is 5.85. The van der Waals surface area contributed by atoms with Crippen molar-refractivity contribution >= 4 is 17.4 Å². The van der Waals surface area contributed by atoms with Gasteiger partial charge in [0.05, 0.1) is 0 Å². The first-order valence-corrected chi connectivity index (χ1v) is 8.64. The number of carbonyl (C=O) groups is 2. The molecule has 0 saturated heterocycles. The summed E-state index contributed by atoms with van der Waals surface area (Å²) in [5.41, 5.74) is 3.97. The van der Waals surface area contributed by atoms with Gasteiger partial charge in [0.1, 0.15) is 0 Å². The van der Waals surface area contributed by atoms with Crippen molar-refractivity contribution < 1.29 is 9.59 Å². The third-order valence-electron chi connectivity index (χ3n) is 4.17. The fourth-order valence-electron chi connectivity index (χ4n) is 2.78. The maximum Gasteiger partial charge on any atom is 0.224 e. The van der Waals surface area contributed by atoms with E-state index in [1.54, 1.807) is 0 Å². The standard InChI is InChI=1S/C21H25NO2/c1-3-16-12-8-13-17(4-2)21(16)22-20(24)15-9-14-19(23)18-10-6-5-7-11-18/h5-8,10-13H,3-4,9,14-15H2,1-2H3,(H,22,24). The van der Waals surface area contributed by atoms with Crippen LogP contribution in [0.3, 0.4) is 0 Å². The maximum atomic E-state index is 12.2. The molecule has 0 radical (unpaired) electrons. The number of benzene rings is 2. The Morgan fingerprint density at radius 2 is 1.46 bits per heavy atom. The lowest BCUT2D eigenvalue weighted by molar-refractivity contribution is -0.116. The van der Waals surface area contributed by atoms with Crippen molar-refractivity contribution in [3.05, 3.63) is 65.2 Å². The van der Waals surface area contributed by atoms with E-state index in [2.05, 4.69) is 19.2 Å². The van der Waals surface area contributed by atoms with Crippen LogP contribution in [0.1, 0.15) is 54.6 Å². The predicted molar refractivity (Wildman–Crippen MR) is 98.5 cm³/mol. The summed E-state index contributed by atoms with van der Waals surface area (Å²) in [5.74, 6) is 0.0677. The molecule has 0 atom stereocenters. The number of carbonyl (C=O) groups excluding carboxylic acids is 2. The molecule has 0 bridgehead atoms. The third-order valence-corrected chi connectivity index (χ3v) is 4.17. The Morgan fingerprint density at radius 1 is 0.833 bits per heavy atom. The first-order chi connectivity index (χ1) is 11.7. The number of amides is 1. The van der Waals surface area contributed by atoms with Gasteiger partial charge in [0.2, 0.25) is 5.91 Å². The highest BCUT2D eigenvalue weighted by molar-refractivity contribution is 5.97. The van der Waals surface area contributed by atoms with Gasteiger partial charge in [0.15, 0.2) is 5.78 Å². The molecule has 0 spiro atoms. The Bertz CT molecular complexity index is 670. The lowest BCUT2D eigenvalue weighted by Gasteiger charge is -2.14. The van der Waals surface area contributed by atoms with Gasteiger partial charge in [-0.25, -0.2) is 0 Å². The lowest BCUT2D eigenvalue weighted by atomic mass is 10.0. The van der Waals surface area contributed by atoms with Gasteiger partial charge >= 0.3 is 0 Å². The van der Waals surface area contributed by atoms with Crippen molar-refractivity contribution in [3.63, 3.8) is 0 Å². The van der Waals surface area contributed by atoms with Gasteiger partial charge in [-0.2, -0.15) is 0 Å². The van der Waals surface area contributed by atoms with E-state index in [1.165, 1.54) is 0 Å². The molecule has 0 unspecified atom stereocenters. The van der Waals surface area contributed by atoms with Crippen LogP contribution in [-0.2, 0) is 17.6 Å². The summed E-state index contributed by atoms with van der Waals surface area (Å²) in [7, 11) is 0. The van der Waals surface area contributed by atoms with E-state index < -0.39 is 0 Å². The molecule has 0 aliphatic rings. The van der Waals surface area contributed by atoms with E-state index in [9.17, 15) is 9.59 Å². The summed E-state index contributed by atoms with van der Waals surface area (Å²) in [4.78, 5) is 24.3. The number of hydrogen-bond donors (Lipinski definition) is 1. The first-order valence-electron chi connectivity index (χ1n) is 8.64. The molecule has 2 aromatic rings. The molecule has 126 valence electrons. The minimum absolute atomic E-state index is 0.0218. The summed E-state index contributed by atoms with van der Waals surface area (Å²) in [6.45, 7) is 4.17. The van der Waals surface area contributed by atoms with Gasteiger partial charge in [0.25, 0.3) is 0 Å². The minimum atomic E-state index is -0.0218. The third kappa shape index (κ3) is 4.79. The highest BCUT2D eigenvalue weighted by atomic mass is 16.1. The number of ketones is 1. The van der Waals surface area contributed by atoms with Crippen molar-refractivity contribution in [1.82, 2.24) is 0 Å². The average Bonchev–Trinajstić information content (AvgIpc) is 2.62. The van der Waals surface area contributed by atoms with Crippen LogP contribution < -0.4 is 5.32 Å². The summed E-state index contributed by atoms with van der Waals surface area (Å²) >= 11 is 0. The van der Waals surface area contributed by atoms with Gasteiger partial charge in [-0.1, -0.05) is 62.4 Å². The summed E-state index contributed by atoms with van der Waals surface area (Å²) in [5, 5.41) is 3.04. The summed E-state index contributed by atoms with van der Waals surface area (Å²) in [6.07, 6.45) is 3.09. The Morgan fingerprint density at radius 3 is 2.04 bits per heavy atom. The predicted octanol–water partition coefficient (Wildman–Crippen LogP) is 4.80. The Labute approximate surface area is 144 Å². The highest BCUT2D eigenvalue weighted by Gasteiger charge is 2.11. The van der Waals surface area contributed by atoms with E-state index in [4.69, 9.17) is 0 Å². The van der Waals surface area contributed by atoms with Gasteiger partial charge in [-0.05, 0) is 30.4 Å². The molecule has 24 heavy (non-hydrogen) atoms. The van der Waals surface area contributed by atoms with Gasteiger partial charge in [0, 0.05) is 24.1 Å². The Balaban J connectivity index is 1.89. The fourth-order valence-corrected chi connectivity index (χ4v) is 2.78. The number of aryl methyl sites for hydroxylation is 2. The molecule has 2 rings (SSSR count). The van der Waals surface area contributed by atoms with Crippen LogP contribution in [0.4, 0.5) is 5.69 Å². The number of Topliss-reactive ketones (excluding diaryl/α,β-unsaturated/α-hetero) is 1. The first kappa shape index (κ1) is 17.9. The smallest absolute Gasteiger partial charge is 0.224 e. The molecule has 0 saturated carbocycles. The van der Waals surface area contributed by atoms with Gasteiger partial charge in [-0.15, -0.1) is 0 Å². The number of rotatable bonds is 8. The fraction of sp³-hybridized carbons (Fsp3) is 0.333. The molecule has 3 heteroatoms. The Hall–Kier alpha value is -2.42. The Kier molecular flexibility index (Phi) is 6.74. The SMILES string of the molecule is CCc1cccc(CC)c1NC(=O)CCCC(=O)c1ccccc1. The molecule has 1 N–H and O–H groups in total. The number of anilines is 1. The molecular weight excluding hydrogens is 298 g/mol. The van der Waals surface area contributed by atoms with Crippen LogP contribution in [0.5, 0.6) is 0 Å². The molecule has 0 fully saturated rings. The molecule has 1 amide bonds. The summed E-state index contributed by atoms with van der Waals surface area (Å²) in [6, 6.07) is 15.4. The molecule has 2 aromatic carbocycles. The van der Waals surface area contributed by atoms with E-state index in [-0.39, 0.29) is 11.7 Å². The van der Waals surface area contributed by atoms with Crippen molar-refractivity contribution in [2.45, 2.75) is 46.0 Å².